The number of anilines is 1. The first-order valence-corrected chi connectivity index (χ1v) is 6.18. The number of hydrogen-bond donors (Lipinski definition) is 2. The maximum atomic E-state index is 12.1. The fourth-order valence-corrected chi connectivity index (χ4v) is 1.88. The summed E-state index contributed by atoms with van der Waals surface area (Å²) >= 11 is 5.93. The molecule has 0 bridgehead atoms. The molecule has 20 heavy (non-hydrogen) atoms. The van der Waals surface area contributed by atoms with Gasteiger partial charge in [0.05, 0.1) is 10.6 Å². The van der Waals surface area contributed by atoms with Crippen molar-refractivity contribution >= 4 is 29.1 Å². The highest BCUT2D eigenvalue weighted by atomic mass is 35.5. The highest BCUT2D eigenvalue weighted by Gasteiger charge is 2.12. The minimum Gasteiger partial charge on any atom is -0.366 e. The first-order valence-electron chi connectivity index (χ1n) is 5.80. The first kappa shape index (κ1) is 14.0. The maximum Gasteiger partial charge on any atom is 0.258 e. The van der Waals surface area contributed by atoms with Crippen molar-refractivity contribution in [3.05, 3.63) is 58.4 Å². The van der Waals surface area contributed by atoms with Gasteiger partial charge in [-0.1, -0.05) is 11.6 Å². The van der Waals surface area contributed by atoms with Crippen LogP contribution in [-0.2, 0) is 0 Å². The number of pyridine rings is 1. The van der Waals surface area contributed by atoms with Crippen LogP contribution in [0, 0.1) is 6.92 Å². The summed E-state index contributed by atoms with van der Waals surface area (Å²) in [6.07, 6.45) is 2.90. The molecule has 0 atom stereocenters. The van der Waals surface area contributed by atoms with E-state index in [-0.39, 0.29) is 11.5 Å². The number of nitrogens with one attached hydrogen (secondary N) is 1. The predicted octanol–water partition coefficient (Wildman–Crippen LogP) is 2.39. The molecule has 0 aliphatic rings. The van der Waals surface area contributed by atoms with E-state index < -0.39 is 5.91 Å². The third-order valence-electron chi connectivity index (χ3n) is 2.77. The van der Waals surface area contributed by atoms with Crippen molar-refractivity contribution in [2.24, 2.45) is 5.73 Å². The molecule has 1 aromatic heterocycles. The lowest BCUT2D eigenvalue weighted by Gasteiger charge is -2.10. The highest BCUT2D eigenvalue weighted by Crippen LogP contribution is 2.19. The summed E-state index contributed by atoms with van der Waals surface area (Å²) in [5.74, 6) is -0.876. The van der Waals surface area contributed by atoms with Crippen molar-refractivity contribution in [1.29, 1.82) is 0 Å². The zero-order valence-corrected chi connectivity index (χ0v) is 11.4. The standard InChI is InChI=1S/C14H12ClN3O2/c1-8-6-9(13(16)19)2-3-12(8)18-14(20)10-7-17-5-4-11(10)15/h2-7H,1H3,(H2,16,19)(H,18,20). The molecule has 0 saturated heterocycles. The summed E-state index contributed by atoms with van der Waals surface area (Å²) in [5, 5.41) is 3.04. The van der Waals surface area contributed by atoms with Crippen molar-refractivity contribution in [1.82, 2.24) is 4.98 Å². The number of hydrogen-bond acceptors (Lipinski definition) is 3. The second-order valence-corrected chi connectivity index (χ2v) is 4.61. The number of nitrogens with two attached hydrogens (primary N) is 1. The Morgan fingerprint density at radius 3 is 2.65 bits per heavy atom. The smallest absolute Gasteiger partial charge is 0.258 e. The maximum absolute atomic E-state index is 12.1. The molecule has 6 heteroatoms. The molecule has 5 nitrogen and oxygen atoms in total. The van der Waals surface area contributed by atoms with Crippen LogP contribution in [0.15, 0.2) is 36.7 Å². The summed E-state index contributed by atoms with van der Waals surface area (Å²) in [4.78, 5) is 27.0. The topological polar surface area (TPSA) is 85.1 Å². The van der Waals surface area contributed by atoms with E-state index in [9.17, 15) is 9.59 Å². The van der Waals surface area contributed by atoms with Gasteiger partial charge >= 0.3 is 0 Å². The Morgan fingerprint density at radius 2 is 2.05 bits per heavy atom. The summed E-state index contributed by atoms with van der Waals surface area (Å²) in [5.41, 5.74) is 7.18. The van der Waals surface area contributed by atoms with Gasteiger partial charge in [-0.2, -0.15) is 0 Å². The number of carbonyl (C=O) groups is 2. The molecular weight excluding hydrogens is 278 g/mol. The van der Waals surface area contributed by atoms with E-state index in [2.05, 4.69) is 10.3 Å². The second kappa shape index (κ2) is 5.71. The first-order chi connectivity index (χ1) is 9.49. The molecule has 0 aliphatic carbocycles. The van der Waals surface area contributed by atoms with Crippen LogP contribution in [0.2, 0.25) is 5.02 Å². The van der Waals surface area contributed by atoms with Crippen LogP contribution < -0.4 is 11.1 Å². The van der Waals surface area contributed by atoms with Gasteiger partial charge in [0.2, 0.25) is 5.91 Å². The van der Waals surface area contributed by atoms with E-state index in [1.165, 1.54) is 12.4 Å². The fourth-order valence-electron chi connectivity index (χ4n) is 1.69. The third kappa shape index (κ3) is 2.95. The Hall–Kier alpha value is -2.40. The predicted molar refractivity (Wildman–Crippen MR) is 76.9 cm³/mol. The molecule has 1 heterocycles. The SMILES string of the molecule is Cc1cc(C(N)=O)ccc1NC(=O)c1cnccc1Cl. The average Bonchev–Trinajstić information content (AvgIpc) is 2.41. The number of aryl methyl sites for hydroxylation is 1. The van der Waals surface area contributed by atoms with Crippen LogP contribution in [0.25, 0.3) is 0 Å². The van der Waals surface area contributed by atoms with E-state index in [0.717, 1.165) is 5.56 Å². The van der Waals surface area contributed by atoms with E-state index in [1.807, 2.05) is 0 Å². The Kier molecular flexibility index (Phi) is 4.00. The molecule has 3 N–H and O–H groups in total. The highest BCUT2D eigenvalue weighted by molar-refractivity contribution is 6.34. The number of nitrogens with zero attached hydrogens (tertiary/aromatic N) is 1. The quantitative estimate of drug-likeness (QED) is 0.910. The molecule has 102 valence electrons. The van der Waals surface area contributed by atoms with Gasteiger partial charge in [-0.3, -0.25) is 14.6 Å². The van der Waals surface area contributed by atoms with E-state index in [1.54, 1.807) is 31.2 Å². The lowest BCUT2D eigenvalue weighted by Crippen LogP contribution is -2.15. The Labute approximate surface area is 120 Å². The number of carbonyl (C=O) groups excluding carboxylic acids is 2. The molecule has 0 saturated carbocycles. The van der Waals surface area contributed by atoms with Crippen LogP contribution in [-0.4, -0.2) is 16.8 Å². The molecule has 0 aliphatic heterocycles. The average molecular weight is 290 g/mol. The van der Waals surface area contributed by atoms with Gasteiger partial charge in [0.25, 0.3) is 5.91 Å². The van der Waals surface area contributed by atoms with Crippen LogP contribution in [0.5, 0.6) is 0 Å². The van der Waals surface area contributed by atoms with Gasteiger partial charge in [-0.15, -0.1) is 0 Å². The van der Waals surface area contributed by atoms with E-state index in [4.69, 9.17) is 17.3 Å². The van der Waals surface area contributed by atoms with Crippen molar-refractivity contribution in [2.75, 3.05) is 5.32 Å². The summed E-state index contributed by atoms with van der Waals surface area (Å²) in [7, 11) is 0. The molecule has 0 unspecified atom stereocenters. The Morgan fingerprint density at radius 1 is 1.30 bits per heavy atom. The Bertz CT molecular complexity index is 686. The van der Waals surface area contributed by atoms with Crippen molar-refractivity contribution in [3.8, 4) is 0 Å². The lowest BCUT2D eigenvalue weighted by atomic mass is 10.1. The normalized spacial score (nSPS) is 10.1. The molecule has 0 fully saturated rings. The fraction of sp³-hybridized carbons (Fsp3) is 0.0714. The van der Waals surface area contributed by atoms with Crippen molar-refractivity contribution < 1.29 is 9.59 Å². The second-order valence-electron chi connectivity index (χ2n) is 4.20. The van der Waals surface area contributed by atoms with Gasteiger partial charge in [0.15, 0.2) is 0 Å². The number of aromatic nitrogens is 1. The Balaban J connectivity index is 2.25. The molecule has 0 radical (unpaired) electrons. The number of halogens is 1. The van der Waals surface area contributed by atoms with Crippen molar-refractivity contribution in [2.45, 2.75) is 6.92 Å². The molecule has 2 aromatic rings. The largest absolute Gasteiger partial charge is 0.366 e. The van der Waals surface area contributed by atoms with E-state index in [0.29, 0.717) is 16.3 Å². The molecule has 2 rings (SSSR count). The number of benzene rings is 1. The molecular formula is C14H12ClN3O2. The molecule has 1 aromatic carbocycles. The monoisotopic (exact) mass is 289 g/mol. The molecule has 0 spiro atoms. The minimum atomic E-state index is -0.513. The summed E-state index contributed by atoms with van der Waals surface area (Å²) < 4.78 is 0. The summed E-state index contributed by atoms with van der Waals surface area (Å²) in [6.45, 7) is 1.77. The number of primary amides is 1. The lowest BCUT2D eigenvalue weighted by molar-refractivity contribution is 0.0998. The van der Waals surface area contributed by atoms with E-state index >= 15 is 0 Å². The number of rotatable bonds is 3. The van der Waals surface area contributed by atoms with Crippen molar-refractivity contribution in [3.63, 3.8) is 0 Å². The van der Waals surface area contributed by atoms with Crippen LogP contribution in [0.3, 0.4) is 0 Å². The molecule has 2 amide bonds. The van der Waals surface area contributed by atoms with Gasteiger partial charge in [0.1, 0.15) is 0 Å². The minimum absolute atomic E-state index is 0.285. The van der Waals surface area contributed by atoms with Crippen LogP contribution >= 0.6 is 11.6 Å². The van der Waals surface area contributed by atoms with Gasteiger partial charge < -0.3 is 11.1 Å². The van der Waals surface area contributed by atoms with Crippen LogP contribution in [0.4, 0.5) is 5.69 Å². The zero-order chi connectivity index (χ0) is 14.7. The zero-order valence-electron chi connectivity index (χ0n) is 10.7. The van der Waals surface area contributed by atoms with Gasteiger partial charge in [0, 0.05) is 23.6 Å². The van der Waals surface area contributed by atoms with Gasteiger partial charge in [-0.05, 0) is 36.8 Å². The van der Waals surface area contributed by atoms with Gasteiger partial charge in [-0.25, -0.2) is 0 Å². The summed E-state index contributed by atoms with van der Waals surface area (Å²) in [6, 6.07) is 6.33. The number of amides is 2. The third-order valence-corrected chi connectivity index (χ3v) is 3.10. The van der Waals surface area contributed by atoms with Crippen LogP contribution in [0.1, 0.15) is 26.3 Å².